The van der Waals surface area contributed by atoms with Gasteiger partial charge in [-0.25, -0.2) is 0 Å². The van der Waals surface area contributed by atoms with Crippen LogP contribution in [0.2, 0.25) is 0 Å². The molecule has 3 fully saturated rings. The van der Waals surface area contributed by atoms with Crippen LogP contribution in [0, 0.1) is 11.8 Å². The van der Waals surface area contributed by atoms with Crippen LogP contribution in [-0.2, 0) is 9.53 Å². The molecule has 4 nitrogen and oxygen atoms in total. The number of nitrogens with zero attached hydrogens (tertiary/aromatic N) is 1. The van der Waals surface area contributed by atoms with Crippen molar-refractivity contribution in [1.29, 1.82) is 0 Å². The molecular weight excluding hydrogens is 264 g/mol. The Hall–Kier alpha value is -0.320. The summed E-state index contributed by atoms with van der Waals surface area (Å²) in [5.74, 6) is 1.41. The zero-order chi connectivity index (χ0) is 12.4. The number of hydrogen-bond donors (Lipinski definition) is 1. The molecule has 1 aliphatic carbocycles. The molecule has 2 saturated heterocycles. The van der Waals surface area contributed by atoms with Gasteiger partial charge in [0, 0.05) is 25.7 Å². The van der Waals surface area contributed by atoms with Gasteiger partial charge in [-0.05, 0) is 44.6 Å². The molecule has 0 spiro atoms. The second kappa shape index (κ2) is 6.91. The number of carbonyl (C=O) groups is 1. The molecule has 0 bridgehead atoms. The molecule has 19 heavy (non-hydrogen) atoms. The fourth-order valence-corrected chi connectivity index (χ4v) is 2.95. The zero-order valence-corrected chi connectivity index (χ0v) is 12.3. The molecule has 1 atom stereocenters. The van der Waals surface area contributed by atoms with E-state index in [9.17, 15) is 4.79 Å². The number of hydrogen-bond acceptors (Lipinski definition) is 3. The zero-order valence-electron chi connectivity index (χ0n) is 11.5. The lowest BCUT2D eigenvalue weighted by Gasteiger charge is -2.33. The van der Waals surface area contributed by atoms with Gasteiger partial charge in [-0.3, -0.25) is 4.79 Å². The SMILES string of the molecule is Cl.O=C(C1CCOC1)N1CCC(NCC2CC2)CC1. The highest BCUT2D eigenvalue weighted by atomic mass is 35.5. The number of likely N-dealkylation sites (tertiary alicyclic amines) is 1. The molecule has 1 N–H and O–H groups in total. The lowest BCUT2D eigenvalue weighted by atomic mass is 10.0. The van der Waals surface area contributed by atoms with Crippen molar-refractivity contribution in [3.05, 3.63) is 0 Å². The molecule has 2 heterocycles. The molecule has 2 aliphatic heterocycles. The van der Waals surface area contributed by atoms with Gasteiger partial charge in [0.15, 0.2) is 0 Å². The summed E-state index contributed by atoms with van der Waals surface area (Å²) in [4.78, 5) is 14.3. The highest BCUT2D eigenvalue weighted by Crippen LogP contribution is 2.28. The van der Waals surface area contributed by atoms with Crippen molar-refractivity contribution in [3.63, 3.8) is 0 Å². The fraction of sp³-hybridized carbons (Fsp3) is 0.929. The van der Waals surface area contributed by atoms with E-state index in [-0.39, 0.29) is 18.3 Å². The van der Waals surface area contributed by atoms with Crippen LogP contribution in [0.4, 0.5) is 0 Å². The summed E-state index contributed by atoms with van der Waals surface area (Å²) in [7, 11) is 0. The van der Waals surface area contributed by atoms with Crippen LogP contribution in [0.15, 0.2) is 0 Å². The van der Waals surface area contributed by atoms with Crippen molar-refractivity contribution in [3.8, 4) is 0 Å². The van der Waals surface area contributed by atoms with Crippen LogP contribution in [0.1, 0.15) is 32.1 Å². The van der Waals surface area contributed by atoms with Crippen molar-refractivity contribution in [2.45, 2.75) is 38.1 Å². The van der Waals surface area contributed by atoms with Crippen LogP contribution >= 0.6 is 12.4 Å². The minimum absolute atomic E-state index is 0. The molecule has 1 unspecified atom stereocenters. The highest BCUT2D eigenvalue weighted by Gasteiger charge is 2.31. The number of carbonyl (C=O) groups excluding carboxylic acids is 1. The van der Waals surface area contributed by atoms with E-state index in [4.69, 9.17) is 4.74 Å². The first-order valence-electron chi connectivity index (χ1n) is 7.43. The van der Waals surface area contributed by atoms with E-state index in [1.165, 1.54) is 19.4 Å². The van der Waals surface area contributed by atoms with Crippen LogP contribution in [0.3, 0.4) is 0 Å². The van der Waals surface area contributed by atoms with Gasteiger partial charge in [-0.1, -0.05) is 0 Å². The molecule has 1 saturated carbocycles. The Labute approximate surface area is 121 Å². The third kappa shape index (κ3) is 4.07. The lowest BCUT2D eigenvalue weighted by Crippen LogP contribution is -2.47. The Bertz CT molecular complexity index is 296. The molecule has 5 heteroatoms. The standard InChI is InChI=1S/C14H24N2O2.ClH/c17-14(12-5-8-18-10-12)16-6-3-13(4-7-16)15-9-11-1-2-11;/h11-13,15H,1-10H2;1H. The third-order valence-electron chi connectivity index (χ3n) is 4.48. The average molecular weight is 289 g/mol. The number of rotatable bonds is 4. The van der Waals surface area contributed by atoms with E-state index in [2.05, 4.69) is 10.2 Å². The lowest BCUT2D eigenvalue weighted by molar-refractivity contribution is -0.136. The minimum Gasteiger partial charge on any atom is -0.381 e. The fourth-order valence-electron chi connectivity index (χ4n) is 2.95. The normalized spacial score (nSPS) is 28.2. The summed E-state index contributed by atoms with van der Waals surface area (Å²) in [6.07, 6.45) is 5.97. The van der Waals surface area contributed by atoms with E-state index < -0.39 is 0 Å². The van der Waals surface area contributed by atoms with Crippen LogP contribution in [-0.4, -0.2) is 49.7 Å². The molecule has 0 radical (unpaired) electrons. The van der Waals surface area contributed by atoms with Crippen molar-refractivity contribution in [1.82, 2.24) is 10.2 Å². The average Bonchev–Trinajstić information content (AvgIpc) is 3.08. The topological polar surface area (TPSA) is 41.6 Å². The second-order valence-corrected chi connectivity index (χ2v) is 6.01. The summed E-state index contributed by atoms with van der Waals surface area (Å²) in [5.41, 5.74) is 0. The first-order valence-corrected chi connectivity index (χ1v) is 7.43. The Morgan fingerprint density at radius 2 is 1.89 bits per heavy atom. The Morgan fingerprint density at radius 1 is 1.16 bits per heavy atom. The van der Waals surface area contributed by atoms with Crippen molar-refractivity contribution in [2.75, 3.05) is 32.8 Å². The van der Waals surface area contributed by atoms with Gasteiger partial charge in [0.2, 0.25) is 5.91 Å². The second-order valence-electron chi connectivity index (χ2n) is 6.01. The molecule has 3 rings (SSSR count). The Kier molecular flexibility index (Phi) is 5.48. The summed E-state index contributed by atoms with van der Waals surface area (Å²) in [5, 5.41) is 3.65. The first-order chi connectivity index (χ1) is 8.83. The number of halogens is 1. The third-order valence-corrected chi connectivity index (χ3v) is 4.48. The number of ether oxygens (including phenoxy) is 1. The molecule has 0 aromatic rings. The summed E-state index contributed by atoms with van der Waals surface area (Å²) >= 11 is 0. The maximum absolute atomic E-state index is 12.2. The van der Waals surface area contributed by atoms with Gasteiger partial charge in [-0.15, -0.1) is 12.4 Å². The predicted molar refractivity (Wildman–Crippen MR) is 76.5 cm³/mol. The van der Waals surface area contributed by atoms with E-state index >= 15 is 0 Å². The minimum atomic E-state index is 0. The molecule has 0 aromatic heterocycles. The number of nitrogens with one attached hydrogen (secondary N) is 1. The van der Waals surface area contributed by atoms with E-state index in [0.29, 0.717) is 18.6 Å². The van der Waals surface area contributed by atoms with E-state index in [1.807, 2.05) is 0 Å². The first kappa shape index (κ1) is 15.1. The van der Waals surface area contributed by atoms with Crippen molar-refractivity contribution in [2.24, 2.45) is 11.8 Å². The number of amides is 1. The molecular formula is C14H25ClN2O2. The van der Waals surface area contributed by atoms with Crippen LogP contribution in [0.5, 0.6) is 0 Å². The van der Waals surface area contributed by atoms with E-state index in [0.717, 1.165) is 44.9 Å². The highest BCUT2D eigenvalue weighted by molar-refractivity contribution is 5.85. The van der Waals surface area contributed by atoms with Gasteiger partial charge in [0.05, 0.1) is 12.5 Å². The van der Waals surface area contributed by atoms with Crippen molar-refractivity contribution < 1.29 is 9.53 Å². The molecule has 1 amide bonds. The molecule has 110 valence electrons. The largest absolute Gasteiger partial charge is 0.381 e. The number of piperidine rings is 1. The Morgan fingerprint density at radius 3 is 2.47 bits per heavy atom. The maximum atomic E-state index is 12.2. The van der Waals surface area contributed by atoms with E-state index in [1.54, 1.807) is 0 Å². The Balaban J connectivity index is 0.00000133. The van der Waals surface area contributed by atoms with Crippen LogP contribution in [0.25, 0.3) is 0 Å². The molecule has 3 aliphatic rings. The smallest absolute Gasteiger partial charge is 0.228 e. The summed E-state index contributed by atoms with van der Waals surface area (Å²) < 4.78 is 5.30. The monoisotopic (exact) mass is 288 g/mol. The summed E-state index contributed by atoms with van der Waals surface area (Å²) in [6.45, 7) is 4.44. The quantitative estimate of drug-likeness (QED) is 0.851. The summed E-state index contributed by atoms with van der Waals surface area (Å²) in [6, 6.07) is 0.634. The van der Waals surface area contributed by atoms with Crippen molar-refractivity contribution >= 4 is 18.3 Å². The van der Waals surface area contributed by atoms with Gasteiger partial charge < -0.3 is 15.0 Å². The van der Waals surface area contributed by atoms with Gasteiger partial charge in [-0.2, -0.15) is 0 Å². The van der Waals surface area contributed by atoms with Gasteiger partial charge in [0.1, 0.15) is 0 Å². The predicted octanol–water partition coefficient (Wildman–Crippen LogP) is 1.44. The van der Waals surface area contributed by atoms with Gasteiger partial charge >= 0.3 is 0 Å². The maximum Gasteiger partial charge on any atom is 0.228 e. The van der Waals surface area contributed by atoms with Crippen LogP contribution < -0.4 is 5.32 Å². The molecule has 0 aromatic carbocycles. The van der Waals surface area contributed by atoms with Gasteiger partial charge in [0.25, 0.3) is 0 Å².